The van der Waals surface area contributed by atoms with Crippen molar-refractivity contribution in [2.75, 3.05) is 32.6 Å². The molecule has 1 unspecified atom stereocenters. The van der Waals surface area contributed by atoms with E-state index < -0.39 is 6.10 Å². The molecule has 3 aliphatic heterocycles. The van der Waals surface area contributed by atoms with E-state index in [2.05, 4.69) is 30.6 Å². The highest BCUT2D eigenvalue weighted by Crippen LogP contribution is 2.63. The number of rotatable bonds is 2. The van der Waals surface area contributed by atoms with Crippen LogP contribution < -0.4 is 5.32 Å². The number of ether oxygens (including phenoxy) is 1. The number of esters is 1. The van der Waals surface area contributed by atoms with E-state index in [1.54, 1.807) is 0 Å². The maximum Gasteiger partial charge on any atom is 0.335 e. The topological polar surface area (TPSA) is 58.6 Å². The number of carbonyl (C=O) groups is 1. The number of hydrogen-bond donors (Lipinski definition) is 2. The van der Waals surface area contributed by atoms with Crippen LogP contribution in [0.15, 0.2) is 35.5 Å². The van der Waals surface area contributed by atoms with Crippen molar-refractivity contribution in [3.63, 3.8) is 0 Å². The number of benzene rings is 1. The van der Waals surface area contributed by atoms with E-state index in [4.69, 9.17) is 4.74 Å². The molecule has 2 saturated heterocycles. The van der Waals surface area contributed by atoms with E-state index in [0.29, 0.717) is 6.04 Å². The Bertz CT molecular complexity index is 832. The number of anilines is 1. The van der Waals surface area contributed by atoms with E-state index in [0.717, 1.165) is 47.4 Å². The summed E-state index contributed by atoms with van der Waals surface area (Å²) in [7, 11) is 3.80. The lowest BCUT2D eigenvalue weighted by Gasteiger charge is -2.54. The monoisotopic (exact) mass is 355 g/mol. The van der Waals surface area contributed by atoms with Gasteiger partial charge in [-0.2, -0.15) is 0 Å². The number of aliphatic hydroxyl groups is 1. The molecule has 5 rings (SSSR count). The number of nitrogens with zero attached hydrogens (tertiary/aromatic N) is 1. The van der Waals surface area contributed by atoms with Gasteiger partial charge in [-0.05, 0) is 18.6 Å². The van der Waals surface area contributed by atoms with Crippen LogP contribution in [0.4, 0.5) is 5.69 Å². The second kappa shape index (κ2) is 5.11. The summed E-state index contributed by atoms with van der Waals surface area (Å²) in [4.78, 5) is 12.9. The van der Waals surface area contributed by atoms with Crippen molar-refractivity contribution in [2.45, 2.75) is 37.3 Å². The number of nitrogens with one attached hydrogen (secondary N) is 1. The van der Waals surface area contributed by atoms with Crippen LogP contribution in [0.3, 0.4) is 0 Å². The normalized spacial score (nSPS) is 40.5. The van der Waals surface area contributed by atoms with Gasteiger partial charge in [-0.3, -0.25) is 0 Å². The Morgan fingerprint density at radius 3 is 2.92 bits per heavy atom. The fourth-order valence-corrected chi connectivity index (χ4v) is 6.63. The van der Waals surface area contributed by atoms with Gasteiger partial charge >= 0.3 is 5.97 Å². The van der Waals surface area contributed by atoms with Gasteiger partial charge in [-0.15, -0.1) is 0 Å². The average Bonchev–Trinajstić information content (AvgIpc) is 3.14. The number of piperidine rings is 1. The maximum absolute atomic E-state index is 12.9. The van der Waals surface area contributed by atoms with Crippen molar-refractivity contribution in [1.29, 1.82) is 0 Å². The van der Waals surface area contributed by atoms with E-state index in [1.807, 2.05) is 13.0 Å². The Hall–Kier alpha value is -1.85. The lowest BCUT2D eigenvalue weighted by Crippen LogP contribution is -2.65. The van der Waals surface area contributed by atoms with E-state index in [9.17, 15) is 9.90 Å². The SMILES string of the molecule is COC(=O)C1=C2Nc3ccccc3[C@@]23CC[N+]2(C)C[C@H]([C@@H](C)O)[C@@H]1C[C@@H]32. The van der Waals surface area contributed by atoms with Gasteiger partial charge in [0.15, 0.2) is 0 Å². The summed E-state index contributed by atoms with van der Waals surface area (Å²) in [5.74, 6) is -0.0991. The van der Waals surface area contributed by atoms with Gasteiger partial charge < -0.3 is 19.6 Å². The number of aliphatic hydroxyl groups excluding tert-OH is 1. The molecule has 1 spiro atoms. The summed E-state index contributed by atoms with van der Waals surface area (Å²) >= 11 is 0. The quantitative estimate of drug-likeness (QED) is 0.630. The first-order valence-electron chi connectivity index (χ1n) is 9.64. The summed E-state index contributed by atoms with van der Waals surface area (Å²) in [6.45, 7) is 3.87. The Morgan fingerprint density at radius 1 is 1.42 bits per heavy atom. The minimum absolute atomic E-state index is 0.0571. The molecule has 2 bridgehead atoms. The summed E-state index contributed by atoms with van der Waals surface area (Å²) in [6, 6.07) is 8.93. The lowest BCUT2D eigenvalue weighted by atomic mass is 9.59. The van der Waals surface area contributed by atoms with Crippen LogP contribution in [0.25, 0.3) is 0 Å². The molecule has 0 radical (unpaired) electrons. The summed E-state index contributed by atoms with van der Waals surface area (Å²) < 4.78 is 6.21. The second-order valence-electron chi connectivity index (χ2n) is 8.82. The third-order valence-electron chi connectivity index (χ3n) is 7.74. The first-order chi connectivity index (χ1) is 12.4. The minimum Gasteiger partial charge on any atom is -0.466 e. The molecule has 1 aromatic rings. The fourth-order valence-electron chi connectivity index (χ4n) is 6.63. The van der Waals surface area contributed by atoms with Gasteiger partial charge in [0.1, 0.15) is 6.04 Å². The van der Waals surface area contributed by atoms with Crippen molar-refractivity contribution in [3.8, 4) is 0 Å². The van der Waals surface area contributed by atoms with Crippen molar-refractivity contribution in [2.24, 2.45) is 11.8 Å². The zero-order chi connectivity index (χ0) is 18.3. The predicted octanol–water partition coefficient (Wildman–Crippen LogP) is 2.03. The van der Waals surface area contributed by atoms with Crippen LogP contribution in [0.1, 0.15) is 25.3 Å². The van der Waals surface area contributed by atoms with E-state index in [1.165, 1.54) is 12.7 Å². The Labute approximate surface area is 154 Å². The van der Waals surface area contributed by atoms with Gasteiger partial charge in [0, 0.05) is 36.1 Å². The predicted molar refractivity (Wildman–Crippen MR) is 98.4 cm³/mol. The zero-order valence-corrected chi connectivity index (χ0v) is 15.7. The van der Waals surface area contributed by atoms with Crippen molar-refractivity contribution in [3.05, 3.63) is 41.1 Å². The average molecular weight is 355 g/mol. The van der Waals surface area contributed by atoms with Gasteiger partial charge in [-0.1, -0.05) is 18.2 Å². The molecule has 26 heavy (non-hydrogen) atoms. The third kappa shape index (κ3) is 1.75. The molecule has 0 saturated carbocycles. The molecule has 4 aliphatic rings. The molecule has 2 N–H and O–H groups in total. The number of likely N-dealkylation sites (N-methyl/N-ethyl adjacent to an activating group) is 1. The first-order valence-corrected chi connectivity index (χ1v) is 9.64. The number of hydrogen-bond acceptors (Lipinski definition) is 4. The lowest BCUT2D eigenvalue weighted by molar-refractivity contribution is -0.933. The molecular formula is C21H27N2O3+. The maximum atomic E-state index is 12.9. The fraction of sp³-hybridized carbons (Fsp3) is 0.571. The number of para-hydroxylation sites is 1. The van der Waals surface area contributed by atoms with Gasteiger partial charge in [0.25, 0.3) is 0 Å². The van der Waals surface area contributed by atoms with Crippen molar-refractivity contribution < 1.29 is 19.1 Å². The molecule has 0 amide bonds. The van der Waals surface area contributed by atoms with Crippen LogP contribution in [-0.4, -0.2) is 55.0 Å². The van der Waals surface area contributed by atoms with Crippen LogP contribution >= 0.6 is 0 Å². The Kier molecular flexibility index (Phi) is 3.21. The van der Waals surface area contributed by atoms with Gasteiger partial charge in [0.05, 0.1) is 44.3 Å². The Balaban J connectivity index is 1.80. The van der Waals surface area contributed by atoms with Gasteiger partial charge in [0.2, 0.25) is 0 Å². The number of carbonyl (C=O) groups excluding carboxylic acids is 1. The van der Waals surface area contributed by atoms with Crippen LogP contribution in [-0.2, 0) is 14.9 Å². The van der Waals surface area contributed by atoms with Crippen molar-refractivity contribution in [1.82, 2.24) is 0 Å². The van der Waals surface area contributed by atoms with E-state index in [-0.39, 0.29) is 23.2 Å². The molecule has 2 fully saturated rings. The highest BCUT2D eigenvalue weighted by atomic mass is 16.5. The third-order valence-corrected chi connectivity index (χ3v) is 7.74. The molecule has 1 aromatic carbocycles. The summed E-state index contributed by atoms with van der Waals surface area (Å²) in [5, 5.41) is 14.1. The second-order valence-corrected chi connectivity index (χ2v) is 8.82. The standard InChI is InChI=1S/C21H26N2O3/c1-12(24)14-11-23(2)9-8-21-15-6-4-5-7-16(15)22-19(21)18(20(25)26-3)13(14)10-17(21)23/h4-7,12-14,17,24H,8-11H2,1-3H3/p+1/t12-,13+,14-,17+,21-,23?/m1/s1. The highest BCUT2D eigenvalue weighted by molar-refractivity contribution is 5.93. The smallest absolute Gasteiger partial charge is 0.335 e. The number of fused-ring (bicyclic) bond motifs is 2. The molecular weight excluding hydrogens is 328 g/mol. The highest BCUT2D eigenvalue weighted by Gasteiger charge is 2.69. The summed E-state index contributed by atoms with van der Waals surface area (Å²) in [5.41, 5.74) is 4.17. The minimum atomic E-state index is -0.437. The number of quaternary nitrogens is 1. The molecule has 5 nitrogen and oxygen atoms in total. The zero-order valence-electron chi connectivity index (χ0n) is 15.7. The van der Waals surface area contributed by atoms with Crippen LogP contribution in [0, 0.1) is 11.8 Å². The first kappa shape index (κ1) is 16.3. The Morgan fingerprint density at radius 2 is 2.19 bits per heavy atom. The summed E-state index contributed by atoms with van der Waals surface area (Å²) in [6.07, 6.45) is 1.54. The van der Waals surface area contributed by atoms with Gasteiger partial charge in [-0.25, -0.2) is 4.79 Å². The molecule has 0 aromatic heterocycles. The number of methoxy groups -OCH3 is 1. The van der Waals surface area contributed by atoms with Crippen molar-refractivity contribution >= 4 is 11.7 Å². The molecule has 1 aliphatic carbocycles. The van der Waals surface area contributed by atoms with Crippen LogP contribution in [0.5, 0.6) is 0 Å². The largest absolute Gasteiger partial charge is 0.466 e. The molecule has 138 valence electrons. The molecule has 6 atom stereocenters. The molecule has 5 heteroatoms. The molecule has 3 heterocycles. The van der Waals surface area contributed by atoms with E-state index >= 15 is 0 Å². The van der Waals surface area contributed by atoms with Crippen LogP contribution in [0.2, 0.25) is 0 Å².